The Morgan fingerprint density at radius 3 is 2.26 bits per heavy atom. The smallest absolute Gasteiger partial charge is 0.269 e. The fraction of sp³-hybridized carbons (Fsp3) is 0.179. The van der Waals surface area contributed by atoms with Crippen LogP contribution in [0.5, 0.6) is 0 Å². The summed E-state index contributed by atoms with van der Waals surface area (Å²) >= 11 is 1.18. The van der Waals surface area contributed by atoms with Crippen molar-refractivity contribution in [2.45, 2.75) is 31.9 Å². The van der Waals surface area contributed by atoms with E-state index < -0.39 is 11.2 Å². The van der Waals surface area contributed by atoms with Gasteiger partial charge in [-0.1, -0.05) is 60.6 Å². The highest BCUT2D eigenvalue weighted by atomic mass is 32.2. The number of carbonyl (C=O) groups excluding carboxylic acids is 2. The van der Waals surface area contributed by atoms with Gasteiger partial charge in [0, 0.05) is 11.4 Å². The molecule has 1 heterocycles. The van der Waals surface area contributed by atoms with Crippen LogP contribution in [-0.4, -0.2) is 17.1 Å². The van der Waals surface area contributed by atoms with Crippen LogP contribution in [0, 0.1) is 24.1 Å². The van der Waals surface area contributed by atoms with Crippen LogP contribution in [0.1, 0.15) is 23.6 Å². The Kier molecular flexibility index (Phi) is 7.33. The predicted molar refractivity (Wildman–Crippen MR) is 137 cm³/mol. The summed E-state index contributed by atoms with van der Waals surface area (Å²) in [6, 6.07) is 22.8. The number of nitrogens with one attached hydrogen (secondary N) is 1. The molecular weight excluding hydrogens is 461 g/mol. The Hall–Kier alpha value is -3.89. The molecule has 35 heavy (non-hydrogen) atoms. The molecule has 1 saturated heterocycles. The van der Waals surface area contributed by atoms with E-state index in [1.807, 2.05) is 56.3 Å². The summed E-state index contributed by atoms with van der Waals surface area (Å²) in [6.07, 6.45) is 1.19. The summed E-state index contributed by atoms with van der Waals surface area (Å²) in [5, 5.41) is 12.4. The molecule has 0 radical (unpaired) electrons. The van der Waals surface area contributed by atoms with Gasteiger partial charge in [-0.05, 0) is 67.3 Å². The number of hydrogen-bond donors (Lipinski definition) is 1. The van der Waals surface area contributed by atoms with Gasteiger partial charge in [-0.3, -0.25) is 14.5 Å². The minimum atomic E-state index is -0.579. The summed E-state index contributed by atoms with van der Waals surface area (Å²) in [6.45, 7) is 3.98. The molecule has 4 rings (SSSR count). The molecule has 3 aromatic rings. The molecule has 0 saturated carbocycles. The molecule has 1 fully saturated rings. The van der Waals surface area contributed by atoms with Crippen molar-refractivity contribution in [1.29, 1.82) is 5.26 Å². The van der Waals surface area contributed by atoms with E-state index in [0.717, 1.165) is 23.1 Å². The molecule has 1 N–H and O–H groups in total. The first-order chi connectivity index (χ1) is 16.9. The minimum absolute atomic E-state index is 0.134. The Balaban J connectivity index is 1.71. The Morgan fingerprint density at radius 1 is 1.03 bits per heavy atom. The average molecular weight is 486 g/mol. The maximum absolute atomic E-state index is 13.5. The van der Waals surface area contributed by atoms with Gasteiger partial charge in [0.25, 0.3) is 5.91 Å². The zero-order chi connectivity index (χ0) is 24.9. The van der Waals surface area contributed by atoms with Gasteiger partial charge in [0.15, 0.2) is 0 Å². The van der Waals surface area contributed by atoms with Crippen LogP contribution in [0.4, 0.5) is 15.8 Å². The average Bonchev–Trinajstić information content (AvgIpc) is 3.17. The molecule has 7 heteroatoms. The van der Waals surface area contributed by atoms with Gasteiger partial charge in [-0.25, -0.2) is 4.39 Å². The monoisotopic (exact) mass is 485 g/mol. The third-order valence-electron chi connectivity index (χ3n) is 5.75. The second-order valence-corrected chi connectivity index (χ2v) is 9.43. The zero-order valence-electron chi connectivity index (χ0n) is 19.4. The number of aryl methyl sites for hydroxylation is 2. The Labute approximate surface area is 208 Å². The molecule has 0 bridgehead atoms. The van der Waals surface area contributed by atoms with Crippen molar-refractivity contribution in [2.24, 2.45) is 0 Å². The molecular formula is C28H24FN3O2S. The number of carbonyl (C=O) groups is 2. The molecule has 1 aliphatic rings. The molecule has 0 aromatic heterocycles. The molecule has 176 valence electrons. The third-order valence-corrected chi connectivity index (χ3v) is 7.01. The first-order valence-electron chi connectivity index (χ1n) is 11.3. The first kappa shape index (κ1) is 24.2. The van der Waals surface area contributed by atoms with E-state index in [0.29, 0.717) is 22.8 Å². The Morgan fingerprint density at radius 2 is 1.66 bits per heavy atom. The number of anilines is 2. The van der Waals surface area contributed by atoms with E-state index in [1.54, 1.807) is 24.3 Å². The van der Waals surface area contributed by atoms with E-state index in [4.69, 9.17) is 0 Å². The predicted octanol–water partition coefficient (Wildman–Crippen LogP) is 5.76. The van der Waals surface area contributed by atoms with Gasteiger partial charge in [-0.2, -0.15) is 5.26 Å². The number of rotatable bonds is 6. The Bertz CT molecular complexity index is 1310. The van der Waals surface area contributed by atoms with E-state index >= 15 is 0 Å². The quantitative estimate of drug-likeness (QED) is 0.356. The van der Waals surface area contributed by atoms with Crippen molar-refractivity contribution in [1.82, 2.24) is 0 Å². The van der Waals surface area contributed by atoms with Gasteiger partial charge in [0.1, 0.15) is 22.5 Å². The van der Waals surface area contributed by atoms with Crippen LogP contribution < -0.4 is 10.2 Å². The number of amides is 2. The number of nitriles is 1. The minimum Gasteiger partial charge on any atom is -0.321 e. The molecule has 1 aliphatic heterocycles. The normalized spacial score (nSPS) is 16.7. The third kappa shape index (κ3) is 5.44. The van der Waals surface area contributed by atoms with Crippen molar-refractivity contribution in [3.05, 3.63) is 106 Å². The fourth-order valence-electron chi connectivity index (χ4n) is 3.77. The fourth-order valence-corrected chi connectivity index (χ4v) is 5.08. The SMILES string of the molecule is CCc1ccc(N2C(=O)C(Cc3ccc(F)cc3)S/C2=C(/C#N)C(=O)Nc2ccc(C)cc2)cc1. The summed E-state index contributed by atoms with van der Waals surface area (Å²) in [5.74, 6) is -1.16. The van der Waals surface area contributed by atoms with Crippen LogP contribution in [-0.2, 0) is 22.4 Å². The second kappa shape index (κ2) is 10.6. The van der Waals surface area contributed by atoms with Crippen molar-refractivity contribution in [3.8, 4) is 6.07 Å². The largest absolute Gasteiger partial charge is 0.321 e. The lowest BCUT2D eigenvalue weighted by Gasteiger charge is -2.19. The lowest BCUT2D eigenvalue weighted by molar-refractivity contribution is -0.117. The second-order valence-electron chi connectivity index (χ2n) is 8.24. The van der Waals surface area contributed by atoms with E-state index in [1.165, 1.54) is 28.8 Å². The summed E-state index contributed by atoms with van der Waals surface area (Å²) in [4.78, 5) is 28.1. The molecule has 2 amide bonds. The molecule has 3 aromatic carbocycles. The number of nitrogens with zero attached hydrogens (tertiary/aromatic N) is 2. The highest BCUT2D eigenvalue weighted by Gasteiger charge is 2.40. The molecule has 0 aliphatic carbocycles. The zero-order valence-corrected chi connectivity index (χ0v) is 20.2. The highest BCUT2D eigenvalue weighted by molar-refractivity contribution is 8.05. The van der Waals surface area contributed by atoms with Crippen molar-refractivity contribution < 1.29 is 14.0 Å². The lowest BCUT2D eigenvalue weighted by atomic mass is 10.1. The van der Waals surface area contributed by atoms with Crippen LogP contribution in [0.3, 0.4) is 0 Å². The van der Waals surface area contributed by atoms with Gasteiger partial charge >= 0.3 is 0 Å². The number of benzene rings is 3. The first-order valence-corrected chi connectivity index (χ1v) is 12.1. The summed E-state index contributed by atoms with van der Waals surface area (Å²) < 4.78 is 13.4. The molecule has 1 unspecified atom stereocenters. The van der Waals surface area contributed by atoms with Gasteiger partial charge < -0.3 is 5.32 Å². The van der Waals surface area contributed by atoms with Crippen LogP contribution >= 0.6 is 11.8 Å². The van der Waals surface area contributed by atoms with Crippen molar-refractivity contribution in [2.75, 3.05) is 10.2 Å². The molecule has 0 spiro atoms. The van der Waals surface area contributed by atoms with Crippen molar-refractivity contribution >= 4 is 35.0 Å². The van der Waals surface area contributed by atoms with Crippen LogP contribution in [0.2, 0.25) is 0 Å². The van der Waals surface area contributed by atoms with E-state index in [-0.39, 0.29) is 17.3 Å². The van der Waals surface area contributed by atoms with Gasteiger partial charge in [0.05, 0.1) is 5.25 Å². The van der Waals surface area contributed by atoms with Crippen molar-refractivity contribution in [3.63, 3.8) is 0 Å². The van der Waals surface area contributed by atoms with Crippen LogP contribution in [0.15, 0.2) is 83.4 Å². The topological polar surface area (TPSA) is 73.2 Å². The van der Waals surface area contributed by atoms with Gasteiger partial charge in [0.2, 0.25) is 5.91 Å². The van der Waals surface area contributed by atoms with Crippen LogP contribution in [0.25, 0.3) is 0 Å². The van der Waals surface area contributed by atoms with E-state index in [2.05, 4.69) is 5.32 Å². The maximum atomic E-state index is 13.5. The lowest BCUT2D eigenvalue weighted by Crippen LogP contribution is -2.31. The summed E-state index contributed by atoms with van der Waals surface area (Å²) in [7, 11) is 0. The molecule has 5 nitrogen and oxygen atoms in total. The summed E-state index contributed by atoms with van der Waals surface area (Å²) in [5.41, 5.74) is 3.97. The van der Waals surface area contributed by atoms with Gasteiger partial charge in [-0.15, -0.1) is 0 Å². The highest BCUT2D eigenvalue weighted by Crippen LogP contribution is 2.42. The number of hydrogen-bond acceptors (Lipinski definition) is 4. The molecule has 1 atom stereocenters. The number of thioether (sulfide) groups is 1. The standard InChI is InChI=1S/C28H24FN3O2S/c1-3-19-8-14-23(15-9-19)32-27(34)25(16-20-6-10-21(29)11-7-20)35-28(32)24(17-30)26(33)31-22-12-4-18(2)5-13-22/h4-15,25H,3,16H2,1-2H3,(H,31,33)/b28-24-. The number of halogens is 1. The maximum Gasteiger partial charge on any atom is 0.269 e. The van der Waals surface area contributed by atoms with E-state index in [9.17, 15) is 19.2 Å².